The van der Waals surface area contributed by atoms with Gasteiger partial charge in [0.25, 0.3) is 5.82 Å². The summed E-state index contributed by atoms with van der Waals surface area (Å²) >= 11 is 1.73. The van der Waals surface area contributed by atoms with Gasteiger partial charge >= 0.3 is 0 Å². The summed E-state index contributed by atoms with van der Waals surface area (Å²) in [5.41, 5.74) is 12.7. The van der Waals surface area contributed by atoms with Crippen LogP contribution in [-0.2, 0) is 7.05 Å². The van der Waals surface area contributed by atoms with Crippen molar-refractivity contribution in [1.82, 2.24) is 9.55 Å². The maximum atomic E-state index is 7.18. The standard InChI is InChI=1S/C43H44N3OSSi/c1-25(2)29-18-15-19-30(26(3)4)39(29)46-34-21-14-13-20-33(34)45(6)43(46)37-27(5)36(49(7,8)9)24-32-31-22-23-35-38(41(31)47-40(32)37)44-42(48-35)28-16-11-10-12-17-28/h10-26H,1-9H3/q+1. The van der Waals surface area contributed by atoms with Gasteiger partial charge in [-0.25, -0.2) is 9.55 Å². The monoisotopic (exact) mass is 678 g/mol. The Kier molecular flexibility index (Phi) is 7.47. The second kappa shape index (κ2) is 11.5. The Morgan fingerprint density at radius 3 is 2.12 bits per heavy atom. The molecule has 0 spiro atoms. The summed E-state index contributed by atoms with van der Waals surface area (Å²) in [5.74, 6) is 1.85. The van der Waals surface area contributed by atoms with E-state index in [1.54, 1.807) is 11.3 Å². The second-order valence-electron chi connectivity index (χ2n) is 15.1. The van der Waals surface area contributed by atoms with E-state index in [-0.39, 0.29) is 0 Å². The minimum absolute atomic E-state index is 0.352. The lowest BCUT2D eigenvalue weighted by atomic mass is 9.92. The van der Waals surface area contributed by atoms with Crippen molar-refractivity contribution in [3.63, 3.8) is 0 Å². The predicted molar refractivity (Wildman–Crippen MR) is 212 cm³/mol. The van der Waals surface area contributed by atoms with Crippen LogP contribution in [0.3, 0.4) is 0 Å². The van der Waals surface area contributed by atoms with Gasteiger partial charge in [-0.1, -0.05) is 119 Å². The molecule has 6 heteroatoms. The number of furan rings is 1. The molecule has 8 rings (SSSR count). The van der Waals surface area contributed by atoms with E-state index in [4.69, 9.17) is 9.40 Å². The third-order valence-corrected chi connectivity index (χ3v) is 13.4. The number of hydrogen-bond donors (Lipinski definition) is 0. The van der Waals surface area contributed by atoms with E-state index in [0.29, 0.717) is 11.8 Å². The Balaban J connectivity index is 1.55. The molecular formula is C43H44N3OSSi+. The molecule has 0 atom stereocenters. The first-order valence-electron chi connectivity index (χ1n) is 17.4. The molecule has 0 aliphatic rings. The zero-order chi connectivity index (χ0) is 34.4. The van der Waals surface area contributed by atoms with Gasteiger partial charge in [-0.3, -0.25) is 0 Å². The molecular weight excluding hydrogens is 635 g/mol. The van der Waals surface area contributed by atoms with Gasteiger partial charge in [0, 0.05) is 27.5 Å². The van der Waals surface area contributed by atoms with Crippen LogP contribution in [0.2, 0.25) is 19.6 Å². The lowest BCUT2D eigenvalue weighted by Gasteiger charge is -2.22. The zero-order valence-electron chi connectivity index (χ0n) is 30.0. The highest BCUT2D eigenvalue weighted by atomic mass is 32.1. The van der Waals surface area contributed by atoms with Crippen molar-refractivity contribution in [2.75, 3.05) is 0 Å². The van der Waals surface area contributed by atoms with Crippen LogP contribution in [0.5, 0.6) is 0 Å². The van der Waals surface area contributed by atoms with Crippen molar-refractivity contribution in [3.8, 4) is 27.6 Å². The van der Waals surface area contributed by atoms with Crippen molar-refractivity contribution in [3.05, 3.63) is 108 Å². The fourth-order valence-electron chi connectivity index (χ4n) is 7.79. The highest BCUT2D eigenvalue weighted by Crippen LogP contribution is 2.44. The fraction of sp³-hybridized carbons (Fsp3) is 0.256. The first-order chi connectivity index (χ1) is 23.5. The Labute approximate surface area is 293 Å². The Morgan fingerprint density at radius 1 is 0.776 bits per heavy atom. The average molecular weight is 679 g/mol. The normalized spacial score (nSPS) is 12.6. The largest absolute Gasteiger partial charge is 0.453 e. The van der Waals surface area contributed by atoms with Crippen molar-refractivity contribution < 1.29 is 8.98 Å². The molecule has 246 valence electrons. The number of para-hydroxylation sites is 3. The number of rotatable bonds is 6. The lowest BCUT2D eigenvalue weighted by molar-refractivity contribution is -0.633. The van der Waals surface area contributed by atoms with E-state index in [0.717, 1.165) is 43.2 Å². The molecule has 0 saturated heterocycles. The predicted octanol–water partition coefficient (Wildman–Crippen LogP) is 11.4. The van der Waals surface area contributed by atoms with E-state index in [1.807, 2.05) is 0 Å². The van der Waals surface area contributed by atoms with Crippen LogP contribution in [0.1, 0.15) is 56.2 Å². The first-order valence-corrected chi connectivity index (χ1v) is 21.8. The molecule has 3 heterocycles. The molecule has 3 aromatic heterocycles. The number of nitrogens with zero attached hydrogens (tertiary/aromatic N) is 3. The quantitative estimate of drug-likeness (QED) is 0.130. The molecule has 0 N–H and O–H groups in total. The van der Waals surface area contributed by atoms with Gasteiger partial charge in [0.05, 0.1) is 19.8 Å². The summed E-state index contributed by atoms with van der Waals surface area (Å²) < 4.78 is 13.3. The number of aryl methyl sites for hydroxylation is 1. The minimum Gasteiger partial charge on any atom is -0.453 e. The number of imidazole rings is 1. The first kappa shape index (κ1) is 31.7. The highest BCUT2D eigenvalue weighted by molar-refractivity contribution is 7.21. The van der Waals surface area contributed by atoms with Crippen molar-refractivity contribution in [2.45, 2.75) is 66.1 Å². The molecule has 0 saturated carbocycles. The molecule has 0 aliphatic carbocycles. The van der Waals surface area contributed by atoms with Crippen molar-refractivity contribution >= 4 is 67.8 Å². The third-order valence-electron chi connectivity index (χ3n) is 10.2. The summed E-state index contributed by atoms with van der Waals surface area (Å²) in [6.07, 6.45) is 0. The van der Waals surface area contributed by atoms with Crippen LogP contribution in [0.4, 0.5) is 0 Å². The van der Waals surface area contributed by atoms with Gasteiger partial charge in [-0.15, -0.1) is 11.3 Å². The summed E-state index contributed by atoms with van der Waals surface area (Å²) in [6.45, 7) is 18.9. The van der Waals surface area contributed by atoms with Gasteiger partial charge in [-0.05, 0) is 48.6 Å². The molecule has 0 unspecified atom stereocenters. The van der Waals surface area contributed by atoms with E-state index in [9.17, 15) is 0 Å². The van der Waals surface area contributed by atoms with E-state index < -0.39 is 8.07 Å². The fourth-order valence-corrected chi connectivity index (χ4v) is 10.6. The lowest BCUT2D eigenvalue weighted by Crippen LogP contribution is -2.40. The van der Waals surface area contributed by atoms with Gasteiger partial charge < -0.3 is 4.42 Å². The number of aromatic nitrogens is 3. The molecule has 5 aromatic carbocycles. The number of thiazole rings is 1. The summed E-state index contributed by atoms with van der Waals surface area (Å²) in [5, 5.41) is 4.77. The second-order valence-corrected chi connectivity index (χ2v) is 21.2. The summed E-state index contributed by atoms with van der Waals surface area (Å²) in [6, 6.07) is 33.1. The molecule has 0 amide bonds. The minimum atomic E-state index is -1.80. The van der Waals surface area contributed by atoms with Gasteiger partial charge in [0.1, 0.15) is 21.8 Å². The van der Waals surface area contributed by atoms with Gasteiger partial charge in [-0.2, -0.15) is 4.57 Å². The average Bonchev–Trinajstić information content (AvgIpc) is 3.76. The van der Waals surface area contributed by atoms with Crippen molar-refractivity contribution in [2.24, 2.45) is 7.05 Å². The molecule has 8 aromatic rings. The number of hydrogen-bond acceptors (Lipinski definition) is 3. The van der Waals surface area contributed by atoms with Crippen LogP contribution >= 0.6 is 11.3 Å². The highest BCUT2D eigenvalue weighted by Gasteiger charge is 2.36. The van der Waals surface area contributed by atoms with Gasteiger partial charge in [0.15, 0.2) is 22.2 Å². The maximum absolute atomic E-state index is 7.18. The summed E-state index contributed by atoms with van der Waals surface area (Å²) in [7, 11) is 0.425. The van der Waals surface area contributed by atoms with E-state index >= 15 is 0 Å². The zero-order valence-corrected chi connectivity index (χ0v) is 31.8. The van der Waals surface area contributed by atoms with Gasteiger partial charge in [0.2, 0.25) is 0 Å². The van der Waals surface area contributed by atoms with Crippen LogP contribution in [0, 0.1) is 6.92 Å². The maximum Gasteiger partial charge on any atom is 0.298 e. The number of fused-ring (bicyclic) bond motifs is 6. The third kappa shape index (κ3) is 4.91. The number of benzene rings is 5. The summed E-state index contributed by atoms with van der Waals surface area (Å²) in [4.78, 5) is 5.20. The topological polar surface area (TPSA) is 34.8 Å². The smallest absolute Gasteiger partial charge is 0.298 e. The molecule has 49 heavy (non-hydrogen) atoms. The Hall–Kier alpha value is -4.52. The Morgan fingerprint density at radius 2 is 1.45 bits per heavy atom. The molecule has 0 bridgehead atoms. The molecule has 4 nitrogen and oxygen atoms in total. The molecule has 0 radical (unpaired) electrons. The molecule has 0 aliphatic heterocycles. The van der Waals surface area contributed by atoms with E-state index in [2.05, 4.69) is 161 Å². The van der Waals surface area contributed by atoms with Crippen LogP contribution in [0.15, 0.2) is 95.4 Å². The van der Waals surface area contributed by atoms with Crippen LogP contribution in [-0.4, -0.2) is 17.6 Å². The van der Waals surface area contributed by atoms with Crippen molar-refractivity contribution in [1.29, 1.82) is 0 Å². The van der Waals surface area contributed by atoms with E-state index in [1.165, 1.54) is 49.5 Å². The Bertz CT molecular complexity index is 2540. The van der Waals surface area contributed by atoms with Crippen LogP contribution in [0.25, 0.3) is 70.8 Å². The van der Waals surface area contributed by atoms with Crippen LogP contribution < -0.4 is 9.75 Å². The molecule has 0 fully saturated rings. The SMILES string of the molecule is Cc1c([Si](C)(C)C)cc2c(oc3c2ccc2sc(-c4ccccc4)nc23)c1-c1n(-c2c(C(C)C)cccc2C(C)C)c2ccccc2[n+]1C.